The van der Waals surface area contributed by atoms with E-state index in [0.29, 0.717) is 15.8 Å². The molecule has 2 N–H and O–H groups in total. The average molecular weight is 488 g/mol. The summed E-state index contributed by atoms with van der Waals surface area (Å²) in [5, 5.41) is 15.8. The van der Waals surface area contributed by atoms with E-state index in [-0.39, 0.29) is 17.0 Å². The van der Waals surface area contributed by atoms with E-state index in [1.54, 1.807) is 6.07 Å². The molecule has 2 aromatic carbocycles. The molecular formula is C20H14BrN3O7. The van der Waals surface area contributed by atoms with E-state index < -0.39 is 29.3 Å². The number of rotatable bonds is 7. The molecule has 0 aliphatic heterocycles. The van der Waals surface area contributed by atoms with Crippen molar-refractivity contribution in [1.82, 2.24) is 0 Å². The summed E-state index contributed by atoms with van der Waals surface area (Å²) in [5.74, 6) is -1.64. The van der Waals surface area contributed by atoms with E-state index in [1.165, 1.54) is 54.8 Å². The van der Waals surface area contributed by atoms with Crippen molar-refractivity contribution in [3.63, 3.8) is 0 Å². The highest BCUT2D eigenvalue weighted by Gasteiger charge is 2.14. The lowest BCUT2D eigenvalue weighted by Gasteiger charge is -2.09. The molecule has 0 atom stereocenters. The van der Waals surface area contributed by atoms with E-state index in [0.717, 1.165) is 0 Å². The van der Waals surface area contributed by atoms with Crippen LogP contribution in [0.25, 0.3) is 0 Å². The fourth-order valence-electron chi connectivity index (χ4n) is 2.41. The maximum absolute atomic E-state index is 12.1. The summed E-state index contributed by atoms with van der Waals surface area (Å²) in [6.45, 7) is -0.556. The molecule has 3 rings (SSSR count). The van der Waals surface area contributed by atoms with Crippen LogP contribution in [-0.2, 0) is 9.53 Å². The van der Waals surface area contributed by atoms with Crippen LogP contribution in [0.5, 0.6) is 0 Å². The maximum atomic E-state index is 12.1. The Morgan fingerprint density at radius 3 is 2.42 bits per heavy atom. The van der Waals surface area contributed by atoms with Gasteiger partial charge in [-0.1, -0.05) is 0 Å². The standard InChI is InChI=1S/C20H14BrN3O7/c21-15-10-14(24(28)29)7-8-16(15)23-18(25)11-31-20(27)12-3-5-13(6-4-12)22-19(26)17-2-1-9-30-17/h1-10H,11H2,(H,22,26)(H,23,25). The van der Waals surface area contributed by atoms with Crippen molar-refractivity contribution < 1.29 is 28.5 Å². The Bertz CT molecular complexity index is 1130. The number of nitrogens with zero attached hydrogens (tertiary/aromatic N) is 1. The van der Waals surface area contributed by atoms with Crippen LogP contribution in [0.2, 0.25) is 0 Å². The topological polar surface area (TPSA) is 141 Å². The fraction of sp³-hybridized carbons (Fsp3) is 0.0500. The lowest BCUT2D eigenvalue weighted by atomic mass is 10.2. The van der Waals surface area contributed by atoms with Gasteiger partial charge in [0.15, 0.2) is 12.4 Å². The molecule has 11 heteroatoms. The number of nitro groups is 1. The van der Waals surface area contributed by atoms with Crippen LogP contribution in [-0.4, -0.2) is 29.3 Å². The molecule has 1 aromatic heterocycles. The Labute approximate surface area is 183 Å². The van der Waals surface area contributed by atoms with Gasteiger partial charge in [0.05, 0.1) is 22.4 Å². The Hall–Kier alpha value is -3.99. The summed E-state index contributed by atoms with van der Waals surface area (Å²) in [5.41, 5.74) is 0.780. The van der Waals surface area contributed by atoms with Crippen LogP contribution in [0, 0.1) is 10.1 Å². The SMILES string of the molecule is O=C(COC(=O)c1ccc(NC(=O)c2ccco2)cc1)Nc1ccc([N+](=O)[O-])cc1Br. The predicted molar refractivity (Wildman–Crippen MR) is 113 cm³/mol. The molecule has 0 unspecified atom stereocenters. The van der Waals surface area contributed by atoms with E-state index >= 15 is 0 Å². The summed E-state index contributed by atoms with van der Waals surface area (Å²) in [6, 6.07) is 12.8. The zero-order valence-electron chi connectivity index (χ0n) is 15.7. The number of anilines is 2. The molecule has 3 aromatic rings. The molecule has 0 saturated heterocycles. The van der Waals surface area contributed by atoms with Gasteiger partial charge in [0.1, 0.15) is 0 Å². The Morgan fingerprint density at radius 1 is 1.06 bits per heavy atom. The minimum atomic E-state index is -0.734. The minimum Gasteiger partial charge on any atom is -0.459 e. The number of ether oxygens (including phenoxy) is 1. The van der Waals surface area contributed by atoms with Crippen molar-refractivity contribution in [3.8, 4) is 0 Å². The molecule has 0 aliphatic rings. The summed E-state index contributed by atoms with van der Waals surface area (Å²) in [6.07, 6.45) is 1.38. The van der Waals surface area contributed by atoms with Crippen molar-refractivity contribution in [3.05, 3.63) is 86.8 Å². The van der Waals surface area contributed by atoms with Crippen LogP contribution in [0.15, 0.2) is 69.8 Å². The quantitative estimate of drug-likeness (QED) is 0.291. The van der Waals surface area contributed by atoms with Gasteiger partial charge in [0.25, 0.3) is 17.5 Å². The number of carbonyl (C=O) groups is 3. The number of nitrogens with one attached hydrogen (secondary N) is 2. The van der Waals surface area contributed by atoms with Crippen LogP contribution >= 0.6 is 15.9 Å². The van der Waals surface area contributed by atoms with Gasteiger partial charge < -0.3 is 19.8 Å². The Balaban J connectivity index is 1.51. The van der Waals surface area contributed by atoms with Crippen LogP contribution in [0.1, 0.15) is 20.9 Å². The molecule has 31 heavy (non-hydrogen) atoms. The number of nitro benzene ring substituents is 1. The van der Waals surface area contributed by atoms with Gasteiger partial charge in [-0.05, 0) is 58.4 Å². The highest BCUT2D eigenvalue weighted by molar-refractivity contribution is 9.10. The lowest BCUT2D eigenvalue weighted by Crippen LogP contribution is -2.21. The van der Waals surface area contributed by atoms with Crippen LogP contribution < -0.4 is 10.6 Å². The minimum absolute atomic E-state index is 0.139. The molecule has 0 radical (unpaired) electrons. The van der Waals surface area contributed by atoms with Gasteiger partial charge in [-0.2, -0.15) is 0 Å². The van der Waals surface area contributed by atoms with Crippen molar-refractivity contribution in [2.45, 2.75) is 0 Å². The second-order valence-corrected chi connectivity index (χ2v) is 6.91. The first-order valence-corrected chi connectivity index (χ1v) is 9.48. The fourth-order valence-corrected chi connectivity index (χ4v) is 2.88. The van der Waals surface area contributed by atoms with Gasteiger partial charge in [-0.15, -0.1) is 0 Å². The largest absolute Gasteiger partial charge is 0.459 e. The summed E-state index contributed by atoms with van der Waals surface area (Å²) in [7, 11) is 0. The molecule has 10 nitrogen and oxygen atoms in total. The number of hydrogen-bond acceptors (Lipinski definition) is 7. The first-order valence-electron chi connectivity index (χ1n) is 8.69. The zero-order chi connectivity index (χ0) is 22.4. The molecule has 1 heterocycles. The third-order valence-electron chi connectivity index (χ3n) is 3.90. The van der Waals surface area contributed by atoms with Gasteiger partial charge in [0, 0.05) is 22.3 Å². The monoisotopic (exact) mass is 487 g/mol. The molecule has 0 fully saturated rings. The van der Waals surface area contributed by atoms with Gasteiger partial charge in [-0.3, -0.25) is 19.7 Å². The second kappa shape index (κ2) is 9.67. The smallest absolute Gasteiger partial charge is 0.338 e. The summed E-state index contributed by atoms with van der Waals surface area (Å²) >= 11 is 3.13. The van der Waals surface area contributed by atoms with E-state index in [2.05, 4.69) is 26.6 Å². The lowest BCUT2D eigenvalue weighted by molar-refractivity contribution is -0.384. The number of hydrogen-bond donors (Lipinski definition) is 2. The van der Waals surface area contributed by atoms with Crippen molar-refractivity contribution >= 4 is 50.8 Å². The Morgan fingerprint density at radius 2 is 1.81 bits per heavy atom. The Kier molecular flexibility index (Phi) is 6.78. The number of amides is 2. The van der Waals surface area contributed by atoms with Gasteiger partial charge >= 0.3 is 5.97 Å². The number of non-ortho nitro benzene ring substituents is 1. The molecule has 2 amide bonds. The van der Waals surface area contributed by atoms with Gasteiger partial charge in [-0.25, -0.2) is 4.79 Å². The average Bonchev–Trinajstić information content (AvgIpc) is 3.29. The summed E-state index contributed by atoms with van der Waals surface area (Å²) < 4.78 is 10.3. The van der Waals surface area contributed by atoms with E-state index in [9.17, 15) is 24.5 Å². The zero-order valence-corrected chi connectivity index (χ0v) is 17.2. The first kappa shape index (κ1) is 21.7. The number of halogens is 1. The third kappa shape index (κ3) is 5.76. The number of benzene rings is 2. The number of carbonyl (C=O) groups excluding carboxylic acids is 3. The number of esters is 1. The molecule has 158 valence electrons. The van der Waals surface area contributed by atoms with Gasteiger partial charge in [0.2, 0.25) is 0 Å². The van der Waals surface area contributed by atoms with E-state index in [4.69, 9.17) is 9.15 Å². The third-order valence-corrected chi connectivity index (χ3v) is 4.55. The molecule has 0 spiro atoms. The van der Waals surface area contributed by atoms with Crippen LogP contribution in [0.3, 0.4) is 0 Å². The number of furan rings is 1. The molecular weight excluding hydrogens is 474 g/mol. The first-order chi connectivity index (χ1) is 14.8. The summed E-state index contributed by atoms with van der Waals surface area (Å²) in [4.78, 5) is 46.2. The maximum Gasteiger partial charge on any atom is 0.338 e. The predicted octanol–water partition coefficient (Wildman–Crippen LogP) is 4.00. The molecule has 0 saturated carbocycles. The highest BCUT2D eigenvalue weighted by atomic mass is 79.9. The van der Waals surface area contributed by atoms with Crippen molar-refractivity contribution in [2.75, 3.05) is 17.2 Å². The van der Waals surface area contributed by atoms with E-state index in [1.807, 2.05) is 0 Å². The second-order valence-electron chi connectivity index (χ2n) is 6.05. The van der Waals surface area contributed by atoms with Crippen molar-refractivity contribution in [1.29, 1.82) is 0 Å². The van der Waals surface area contributed by atoms with Crippen molar-refractivity contribution in [2.24, 2.45) is 0 Å². The normalized spacial score (nSPS) is 10.2. The highest BCUT2D eigenvalue weighted by Crippen LogP contribution is 2.27. The van der Waals surface area contributed by atoms with Crippen LogP contribution in [0.4, 0.5) is 17.1 Å². The molecule has 0 bridgehead atoms. The molecule has 0 aliphatic carbocycles.